The van der Waals surface area contributed by atoms with Gasteiger partial charge < -0.3 is 24.5 Å². The number of fused-ring (bicyclic) bond motifs is 3. The lowest BCUT2D eigenvalue weighted by Gasteiger charge is -2.33. The van der Waals surface area contributed by atoms with Crippen molar-refractivity contribution in [3.63, 3.8) is 0 Å². The molecule has 1 amide bonds. The maximum absolute atomic E-state index is 14.3. The van der Waals surface area contributed by atoms with Crippen LogP contribution >= 0.6 is 0 Å². The number of rotatable bonds is 6. The first-order valence-electron chi connectivity index (χ1n) is 14.8. The molecule has 1 saturated carbocycles. The lowest BCUT2D eigenvalue weighted by atomic mass is 10.0. The molecular formula is C31H31FN10O2. The molecule has 13 heteroatoms. The van der Waals surface area contributed by atoms with E-state index in [0.717, 1.165) is 34.6 Å². The number of likely N-dealkylation sites (tertiary alicyclic amines) is 1. The number of benzene rings is 1. The van der Waals surface area contributed by atoms with Crippen LogP contribution in [0.3, 0.4) is 0 Å². The van der Waals surface area contributed by atoms with E-state index in [1.807, 2.05) is 36.0 Å². The van der Waals surface area contributed by atoms with E-state index in [4.69, 9.17) is 20.4 Å². The predicted octanol–water partition coefficient (Wildman–Crippen LogP) is 3.62. The van der Waals surface area contributed by atoms with Crippen molar-refractivity contribution in [2.75, 3.05) is 20.2 Å². The molecule has 224 valence electrons. The first-order chi connectivity index (χ1) is 21.4. The highest BCUT2D eigenvalue weighted by Gasteiger charge is 2.31. The van der Waals surface area contributed by atoms with Gasteiger partial charge in [-0.05, 0) is 61.6 Å². The van der Waals surface area contributed by atoms with Gasteiger partial charge in [-0.1, -0.05) is 0 Å². The Hall–Kier alpha value is -4.91. The molecule has 6 aromatic rings. The van der Waals surface area contributed by atoms with Crippen LogP contribution in [-0.2, 0) is 13.6 Å². The van der Waals surface area contributed by atoms with Crippen molar-refractivity contribution in [3.05, 3.63) is 54.4 Å². The number of amides is 1. The van der Waals surface area contributed by atoms with Crippen molar-refractivity contribution >= 4 is 33.8 Å². The van der Waals surface area contributed by atoms with Crippen LogP contribution in [0.4, 0.5) is 4.39 Å². The van der Waals surface area contributed by atoms with Gasteiger partial charge >= 0.3 is 0 Å². The number of carbonyl (C=O) groups is 1. The highest BCUT2D eigenvalue weighted by atomic mass is 19.1. The molecule has 0 unspecified atom stereocenters. The normalized spacial score (nSPS) is 19.0. The summed E-state index contributed by atoms with van der Waals surface area (Å²) in [5.41, 5.74) is 10.2. The number of imidazole rings is 1. The van der Waals surface area contributed by atoms with E-state index >= 15 is 0 Å². The Kier molecular flexibility index (Phi) is 6.12. The Labute approximate surface area is 251 Å². The lowest BCUT2D eigenvalue weighted by molar-refractivity contribution is 0.0606. The fourth-order valence-corrected chi connectivity index (χ4v) is 6.26. The number of carbonyl (C=O) groups excluding carboxylic acids is 1. The van der Waals surface area contributed by atoms with Crippen molar-refractivity contribution in [1.29, 1.82) is 0 Å². The molecule has 5 aromatic heterocycles. The van der Waals surface area contributed by atoms with Gasteiger partial charge in [-0.25, -0.2) is 23.9 Å². The maximum Gasteiger partial charge on any atom is 0.254 e. The fraction of sp³-hybridized carbons (Fsp3) is 0.355. The topological polar surface area (TPSA) is 134 Å². The van der Waals surface area contributed by atoms with Crippen molar-refractivity contribution in [3.8, 4) is 28.8 Å². The molecule has 8 rings (SSSR count). The van der Waals surface area contributed by atoms with Gasteiger partial charge in [0, 0.05) is 49.5 Å². The quantitative estimate of drug-likeness (QED) is 0.309. The number of aryl methyl sites for hydroxylation is 1. The molecule has 2 N–H and O–H groups in total. The molecule has 0 radical (unpaired) electrons. The third kappa shape index (κ3) is 4.46. The molecule has 6 heterocycles. The summed E-state index contributed by atoms with van der Waals surface area (Å²) in [6, 6.07) is 10.9. The number of nitrogens with zero attached hydrogens (tertiary/aromatic N) is 9. The van der Waals surface area contributed by atoms with Gasteiger partial charge in [0.05, 0.1) is 24.9 Å². The molecular weight excluding hydrogens is 563 g/mol. The molecule has 1 aliphatic heterocycles. The second kappa shape index (κ2) is 10.1. The molecule has 2 atom stereocenters. The number of piperidine rings is 1. The summed E-state index contributed by atoms with van der Waals surface area (Å²) in [6.07, 6.45) is 4.94. The van der Waals surface area contributed by atoms with Crippen LogP contribution in [0, 0.1) is 5.92 Å². The lowest BCUT2D eigenvalue weighted by Crippen LogP contribution is -2.50. The van der Waals surface area contributed by atoms with Crippen molar-refractivity contribution in [2.45, 2.75) is 38.0 Å². The van der Waals surface area contributed by atoms with Gasteiger partial charge in [0.15, 0.2) is 5.82 Å². The summed E-state index contributed by atoms with van der Waals surface area (Å²) in [4.78, 5) is 33.8. The summed E-state index contributed by atoms with van der Waals surface area (Å²) in [6.45, 7) is 1.14. The number of ether oxygens (including phenoxy) is 1. The van der Waals surface area contributed by atoms with Gasteiger partial charge in [-0.2, -0.15) is 4.98 Å². The number of hydrogen-bond acceptors (Lipinski definition) is 8. The second-order valence-corrected chi connectivity index (χ2v) is 11.8. The molecule has 0 bridgehead atoms. The highest BCUT2D eigenvalue weighted by Crippen LogP contribution is 2.38. The Morgan fingerprint density at radius 3 is 2.77 bits per heavy atom. The highest BCUT2D eigenvalue weighted by molar-refractivity contribution is 6.00. The van der Waals surface area contributed by atoms with Crippen LogP contribution in [0.15, 0.2) is 48.8 Å². The van der Waals surface area contributed by atoms with Crippen LogP contribution in [0.1, 0.15) is 29.6 Å². The number of hydrogen-bond donors (Lipinski definition) is 1. The van der Waals surface area contributed by atoms with Gasteiger partial charge in [0.1, 0.15) is 28.8 Å². The Bertz CT molecular complexity index is 2030. The Balaban J connectivity index is 1.24. The number of halogens is 1. The zero-order chi connectivity index (χ0) is 30.1. The van der Waals surface area contributed by atoms with Crippen molar-refractivity contribution < 1.29 is 13.9 Å². The van der Waals surface area contributed by atoms with Gasteiger partial charge in [0.2, 0.25) is 5.82 Å². The molecule has 0 spiro atoms. The number of nitrogens with two attached hydrogens (primary N) is 1. The first-order valence-corrected chi connectivity index (χ1v) is 14.8. The van der Waals surface area contributed by atoms with E-state index < -0.39 is 12.2 Å². The second-order valence-electron chi connectivity index (χ2n) is 11.8. The van der Waals surface area contributed by atoms with Crippen molar-refractivity contribution in [1.82, 2.24) is 43.6 Å². The minimum atomic E-state index is -1.14. The van der Waals surface area contributed by atoms with Crippen LogP contribution in [0.5, 0.6) is 5.75 Å². The van der Waals surface area contributed by atoms with Crippen molar-refractivity contribution in [2.24, 2.45) is 18.7 Å². The molecule has 44 heavy (non-hydrogen) atoms. The summed E-state index contributed by atoms with van der Waals surface area (Å²) < 4.78 is 25.9. The molecule has 1 saturated heterocycles. The minimum absolute atomic E-state index is 0.0254. The van der Waals surface area contributed by atoms with Gasteiger partial charge in [0.25, 0.3) is 11.7 Å². The van der Waals surface area contributed by atoms with E-state index in [1.54, 1.807) is 30.0 Å². The first kappa shape index (κ1) is 26.7. The van der Waals surface area contributed by atoms with E-state index in [1.165, 1.54) is 17.7 Å². The van der Waals surface area contributed by atoms with E-state index in [9.17, 15) is 9.18 Å². The largest absolute Gasteiger partial charge is 0.494 e. The van der Waals surface area contributed by atoms with Crippen LogP contribution in [0.25, 0.3) is 50.9 Å². The van der Waals surface area contributed by atoms with E-state index in [0.29, 0.717) is 46.6 Å². The maximum atomic E-state index is 14.3. The van der Waals surface area contributed by atoms with Crippen LogP contribution in [-0.4, -0.2) is 81.9 Å². The number of pyridine rings is 1. The monoisotopic (exact) mass is 594 g/mol. The summed E-state index contributed by atoms with van der Waals surface area (Å²) in [5.74, 6) is 2.54. The molecule has 12 nitrogen and oxygen atoms in total. The van der Waals surface area contributed by atoms with E-state index in [2.05, 4.69) is 25.7 Å². The standard InChI is InChI=1S/C31H31FN10O2/c1-39-26-23(10-19(12-25(26)44-2)30(43)40-15-20(32)13-21(33)16-40)36-29(39)24-11-18-6-7-22(35-28(18)41(24)14-17-4-5-17)27-37-31-34-8-3-9-42(31)38-27/h3,6-12,17,20-21H,4-5,13-16,33H2,1-2H3/t20-,21-/m1/s1. The SMILES string of the molecule is COc1cc(C(=O)N2C[C@H](N)C[C@@H](F)C2)cc2nc(-c3cc4ccc(-c5nc6ncccn6n5)nc4n3CC3CC3)n(C)c12. The number of alkyl halides is 1. The summed E-state index contributed by atoms with van der Waals surface area (Å²) in [5, 5.41) is 5.54. The smallest absolute Gasteiger partial charge is 0.254 e. The molecule has 1 aliphatic carbocycles. The van der Waals surface area contributed by atoms with Gasteiger partial charge in [-0.15, -0.1) is 5.10 Å². The molecule has 2 aliphatic rings. The number of methoxy groups -OCH3 is 1. The minimum Gasteiger partial charge on any atom is -0.494 e. The van der Waals surface area contributed by atoms with Crippen LogP contribution < -0.4 is 10.5 Å². The third-order valence-corrected chi connectivity index (χ3v) is 8.58. The zero-order valence-electron chi connectivity index (χ0n) is 24.4. The average Bonchev–Trinajstić information content (AvgIpc) is 3.48. The summed E-state index contributed by atoms with van der Waals surface area (Å²) in [7, 11) is 3.51. The van der Waals surface area contributed by atoms with Gasteiger partial charge in [-0.3, -0.25) is 4.79 Å². The predicted molar refractivity (Wildman–Crippen MR) is 162 cm³/mol. The third-order valence-electron chi connectivity index (χ3n) is 8.58. The average molecular weight is 595 g/mol. The number of aromatic nitrogens is 8. The van der Waals surface area contributed by atoms with Crippen LogP contribution in [0.2, 0.25) is 0 Å². The summed E-state index contributed by atoms with van der Waals surface area (Å²) >= 11 is 0. The molecule has 2 fully saturated rings. The zero-order valence-corrected chi connectivity index (χ0v) is 24.4. The van der Waals surface area contributed by atoms with E-state index in [-0.39, 0.29) is 18.9 Å². The Morgan fingerprint density at radius 1 is 1.14 bits per heavy atom. The Morgan fingerprint density at radius 2 is 2.00 bits per heavy atom. The fourth-order valence-electron chi connectivity index (χ4n) is 6.26. The molecule has 1 aromatic carbocycles.